The molecular weight excluding hydrogens is 180 g/mol. The van der Waals surface area contributed by atoms with Crippen molar-refractivity contribution in [2.75, 3.05) is 26.9 Å². The molecule has 0 aromatic rings. The second kappa shape index (κ2) is 5.32. The second-order valence-electron chi connectivity index (χ2n) is 3.80. The highest BCUT2D eigenvalue weighted by atomic mass is 16.5. The van der Waals surface area contributed by atoms with E-state index < -0.39 is 0 Å². The maximum atomic E-state index is 5.89. The lowest BCUT2D eigenvalue weighted by Crippen LogP contribution is -2.46. The molecule has 1 saturated heterocycles. The van der Waals surface area contributed by atoms with Crippen LogP contribution in [0.15, 0.2) is 4.99 Å². The summed E-state index contributed by atoms with van der Waals surface area (Å²) >= 11 is 0. The lowest BCUT2D eigenvalue weighted by molar-refractivity contribution is -0.0161. The minimum atomic E-state index is -0.341. The molecule has 82 valence electrons. The second-order valence-corrected chi connectivity index (χ2v) is 3.80. The van der Waals surface area contributed by atoms with Gasteiger partial charge in [0.1, 0.15) is 11.4 Å². The molecule has 14 heavy (non-hydrogen) atoms. The fourth-order valence-electron chi connectivity index (χ4n) is 1.56. The van der Waals surface area contributed by atoms with Crippen LogP contribution in [0.4, 0.5) is 0 Å². The predicted octanol–water partition coefficient (Wildman–Crippen LogP) is 0.949. The van der Waals surface area contributed by atoms with E-state index in [0.29, 0.717) is 19.0 Å². The van der Waals surface area contributed by atoms with Crippen molar-refractivity contribution in [3.8, 4) is 0 Å². The summed E-state index contributed by atoms with van der Waals surface area (Å²) in [6, 6.07) is 0. The summed E-state index contributed by atoms with van der Waals surface area (Å²) in [5.41, 5.74) is 5.55. The molecule has 0 bridgehead atoms. The molecule has 0 amide bonds. The SMILES string of the molecule is COCCN=C(N)C1(C)CCCCO1. The molecular formula is C10H20N2O2. The summed E-state index contributed by atoms with van der Waals surface area (Å²) in [6.07, 6.45) is 3.26. The molecule has 4 heteroatoms. The zero-order valence-electron chi connectivity index (χ0n) is 9.08. The number of aliphatic imine (C=N–C) groups is 1. The van der Waals surface area contributed by atoms with E-state index in [1.54, 1.807) is 7.11 Å². The van der Waals surface area contributed by atoms with Gasteiger partial charge in [0, 0.05) is 13.7 Å². The van der Waals surface area contributed by atoms with Gasteiger partial charge in [-0.05, 0) is 26.2 Å². The maximum Gasteiger partial charge on any atom is 0.126 e. The number of ether oxygens (including phenoxy) is 2. The minimum Gasteiger partial charge on any atom is -0.385 e. The summed E-state index contributed by atoms with van der Waals surface area (Å²) in [7, 11) is 1.66. The van der Waals surface area contributed by atoms with Crippen molar-refractivity contribution in [1.29, 1.82) is 0 Å². The number of methoxy groups -OCH3 is 1. The van der Waals surface area contributed by atoms with Crippen molar-refractivity contribution < 1.29 is 9.47 Å². The zero-order valence-corrected chi connectivity index (χ0v) is 9.08. The molecule has 1 atom stereocenters. The first kappa shape index (κ1) is 11.5. The number of hydrogen-bond acceptors (Lipinski definition) is 3. The van der Waals surface area contributed by atoms with Crippen molar-refractivity contribution in [2.24, 2.45) is 10.7 Å². The number of nitrogens with zero attached hydrogens (tertiary/aromatic N) is 1. The largest absolute Gasteiger partial charge is 0.385 e. The minimum absolute atomic E-state index is 0.341. The predicted molar refractivity (Wildman–Crippen MR) is 56.6 cm³/mol. The van der Waals surface area contributed by atoms with Gasteiger partial charge in [-0.1, -0.05) is 0 Å². The lowest BCUT2D eigenvalue weighted by atomic mass is 9.95. The molecule has 1 fully saturated rings. The summed E-state index contributed by atoms with van der Waals surface area (Å²) in [5, 5.41) is 0. The van der Waals surface area contributed by atoms with E-state index in [0.717, 1.165) is 25.9 Å². The van der Waals surface area contributed by atoms with Gasteiger partial charge in [0.2, 0.25) is 0 Å². The van der Waals surface area contributed by atoms with Gasteiger partial charge >= 0.3 is 0 Å². The van der Waals surface area contributed by atoms with Crippen LogP contribution >= 0.6 is 0 Å². The van der Waals surface area contributed by atoms with E-state index in [9.17, 15) is 0 Å². The van der Waals surface area contributed by atoms with Crippen LogP contribution in [0.25, 0.3) is 0 Å². The number of rotatable bonds is 4. The standard InChI is InChI=1S/C10H20N2O2/c1-10(5-3-4-7-14-10)9(11)12-6-8-13-2/h3-8H2,1-2H3,(H2,11,12). The van der Waals surface area contributed by atoms with E-state index >= 15 is 0 Å². The molecule has 4 nitrogen and oxygen atoms in total. The van der Waals surface area contributed by atoms with Crippen molar-refractivity contribution >= 4 is 5.84 Å². The molecule has 2 N–H and O–H groups in total. The van der Waals surface area contributed by atoms with Gasteiger partial charge < -0.3 is 15.2 Å². The smallest absolute Gasteiger partial charge is 0.126 e. The van der Waals surface area contributed by atoms with Gasteiger partial charge in [-0.25, -0.2) is 0 Å². The Labute approximate surface area is 85.5 Å². The van der Waals surface area contributed by atoms with Crippen LogP contribution in [0, 0.1) is 0 Å². The van der Waals surface area contributed by atoms with Crippen LogP contribution in [0.1, 0.15) is 26.2 Å². The summed E-state index contributed by atoms with van der Waals surface area (Å²) in [4.78, 5) is 4.25. The molecule has 1 aliphatic heterocycles. The van der Waals surface area contributed by atoms with Gasteiger partial charge in [0.25, 0.3) is 0 Å². The van der Waals surface area contributed by atoms with Crippen molar-refractivity contribution in [1.82, 2.24) is 0 Å². The third-order valence-corrected chi connectivity index (χ3v) is 2.59. The average Bonchev–Trinajstić information content (AvgIpc) is 2.19. The molecule has 1 heterocycles. The Morgan fingerprint density at radius 3 is 2.93 bits per heavy atom. The molecule has 0 spiro atoms. The van der Waals surface area contributed by atoms with Crippen LogP contribution in [0.2, 0.25) is 0 Å². The fraction of sp³-hybridized carbons (Fsp3) is 0.900. The first-order valence-corrected chi connectivity index (χ1v) is 5.12. The van der Waals surface area contributed by atoms with Gasteiger partial charge in [0.15, 0.2) is 0 Å². The highest BCUT2D eigenvalue weighted by Gasteiger charge is 2.31. The molecule has 1 unspecified atom stereocenters. The van der Waals surface area contributed by atoms with E-state index in [1.165, 1.54) is 0 Å². The van der Waals surface area contributed by atoms with Crippen LogP contribution in [0.3, 0.4) is 0 Å². The quantitative estimate of drug-likeness (QED) is 0.417. The van der Waals surface area contributed by atoms with Gasteiger partial charge in [-0.3, -0.25) is 4.99 Å². The monoisotopic (exact) mass is 200 g/mol. The summed E-state index contributed by atoms with van der Waals surface area (Å²) < 4.78 is 10.6. The first-order valence-electron chi connectivity index (χ1n) is 5.12. The third kappa shape index (κ3) is 2.96. The fourth-order valence-corrected chi connectivity index (χ4v) is 1.56. The molecule has 0 aromatic heterocycles. The molecule has 1 rings (SSSR count). The Morgan fingerprint density at radius 1 is 1.57 bits per heavy atom. The molecule has 0 aliphatic carbocycles. The number of amidine groups is 1. The lowest BCUT2D eigenvalue weighted by Gasteiger charge is -2.33. The third-order valence-electron chi connectivity index (χ3n) is 2.59. The Bertz CT molecular complexity index is 198. The molecule has 0 radical (unpaired) electrons. The zero-order chi connectivity index (χ0) is 10.4. The van der Waals surface area contributed by atoms with Crippen molar-refractivity contribution in [3.63, 3.8) is 0 Å². The topological polar surface area (TPSA) is 56.8 Å². The molecule has 1 aliphatic rings. The Kier molecular flexibility index (Phi) is 4.35. The van der Waals surface area contributed by atoms with Gasteiger partial charge in [-0.15, -0.1) is 0 Å². The Hall–Kier alpha value is -0.610. The van der Waals surface area contributed by atoms with E-state index in [-0.39, 0.29) is 5.60 Å². The van der Waals surface area contributed by atoms with Crippen molar-refractivity contribution in [3.05, 3.63) is 0 Å². The molecule has 0 saturated carbocycles. The van der Waals surface area contributed by atoms with E-state index in [2.05, 4.69) is 4.99 Å². The van der Waals surface area contributed by atoms with Gasteiger partial charge in [-0.2, -0.15) is 0 Å². The van der Waals surface area contributed by atoms with Crippen LogP contribution in [-0.2, 0) is 9.47 Å². The van der Waals surface area contributed by atoms with E-state index in [1.807, 2.05) is 6.92 Å². The molecule has 0 aromatic carbocycles. The van der Waals surface area contributed by atoms with Crippen molar-refractivity contribution in [2.45, 2.75) is 31.8 Å². The maximum absolute atomic E-state index is 5.89. The average molecular weight is 200 g/mol. The Morgan fingerprint density at radius 2 is 2.36 bits per heavy atom. The van der Waals surface area contributed by atoms with Gasteiger partial charge in [0.05, 0.1) is 13.2 Å². The van der Waals surface area contributed by atoms with Crippen LogP contribution in [0.5, 0.6) is 0 Å². The highest BCUT2D eigenvalue weighted by molar-refractivity contribution is 5.88. The normalized spacial score (nSPS) is 29.1. The van der Waals surface area contributed by atoms with Crippen LogP contribution < -0.4 is 5.73 Å². The first-order chi connectivity index (χ1) is 6.69. The summed E-state index contributed by atoms with van der Waals surface area (Å²) in [5.74, 6) is 0.606. The number of nitrogens with two attached hydrogens (primary N) is 1. The van der Waals surface area contributed by atoms with E-state index in [4.69, 9.17) is 15.2 Å². The van der Waals surface area contributed by atoms with Crippen LogP contribution in [-0.4, -0.2) is 38.3 Å². The highest BCUT2D eigenvalue weighted by Crippen LogP contribution is 2.24. The Balaban J connectivity index is 2.47. The number of hydrogen-bond donors (Lipinski definition) is 1. The summed E-state index contributed by atoms with van der Waals surface area (Å²) in [6.45, 7) is 4.02.